The molecule has 0 aliphatic carbocycles. The Morgan fingerprint density at radius 3 is 2.06 bits per heavy atom. The van der Waals surface area contributed by atoms with Gasteiger partial charge in [-0.2, -0.15) is 0 Å². The summed E-state index contributed by atoms with van der Waals surface area (Å²) in [5, 5.41) is 3.54. The number of anilines is 1. The average Bonchev–Trinajstić information content (AvgIpc) is 2.70. The van der Waals surface area contributed by atoms with Gasteiger partial charge < -0.3 is 10.2 Å². The molecule has 1 atom stereocenters. The van der Waals surface area contributed by atoms with Crippen LogP contribution in [0.5, 0.6) is 0 Å². The lowest BCUT2D eigenvalue weighted by molar-refractivity contribution is -0.140. The predicted molar refractivity (Wildman–Crippen MR) is 146 cm³/mol. The second kappa shape index (κ2) is 11.5. The van der Waals surface area contributed by atoms with Crippen molar-refractivity contribution in [3.05, 3.63) is 61.6 Å². The van der Waals surface area contributed by atoms with Crippen molar-refractivity contribution >= 4 is 73.3 Å². The molecule has 2 aromatic carbocycles. The molecule has 0 bridgehead atoms. The van der Waals surface area contributed by atoms with Gasteiger partial charge in [-0.3, -0.25) is 13.9 Å². The summed E-state index contributed by atoms with van der Waals surface area (Å²) >= 11 is 14.8. The number of carbonyl (C=O) groups is 2. The Balaban J connectivity index is 2.46. The van der Waals surface area contributed by atoms with Gasteiger partial charge in [0.05, 0.1) is 11.9 Å². The van der Waals surface area contributed by atoms with Crippen molar-refractivity contribution in [3.8, 4) is 0 Å². The van der Waals surface area contributed by atoms with Gasteiger partial charge in [-0.25, -0.2) is 8.42 Å². The highest BCUT2D eigenvalue weighted by molar-refractivity contribution is 14.1. The molecule has 0 heterocycles. The van der Waals surface area contributed by atoms with Crippen molar-refractivity contribution in [2.75, 3.05) is 17.1 Å². The van der Waals surface area contributed by atoms with Gasteiger partial charge in [-0.05, 0) is 86.7 Å². The number of rotatable bonds is 8. The lowest BCUT2D eigenvalue weighted by Crippen LogP contribution is -2.54. The van der Waals surface area contributed by atoms with Crippen LogP contribution >= 0.6 is 45.8 Å². The number of benzene rings is 2. The lowest BCUT2D eigenvalue weighted by Gasteiger charge is -2.33. The fraction of sp³-hybridized carbons (Fsp3) is 0.391. The summed E-state index contributed by atoms with van der Waals surface area (Å²) < 4.78 is 27.1. The van der Waals surface area contributed by atoms with Crippen LogP contribution in [-0.4, -0.2) is 49.5 Å². The molecule has 0 spiro atoms. The Morgan fingerprint density at radius 1 is 1.06 bits per heavy atom. The maximum Gasteiger partial charge on any atom is 0.244 e. The summed E-state index contributed by atoms with van der Waals surface area (Å²) in [6.45, 7) is 6.51. The summed E-state index contributed by atoms with van der Waals surface area (Å²) in [7, 11) is -3.79. The molecule has 0 radical (unpaired) electrons. The van der Waals surface area contributed by atoms with Crippen LogP contribution in [0.2, 0.25) is 10.0 Å². The second-order valence-electron chi connectivity index (χ2n) is 8.88. The van der Waals surface area contributed by atoms with Crippen LogP contribution in [0.1, 0.15) is 33.3 Å². The maximum atomic E-state index is 13.5. The van der Waals surface area contributed by atoms with E-state index in [4.69, 9.17) is 23.2 Å². The minimum Gasteiger partial charge on any atom is -0.350 e. The van der Waals surface area contributed by atoms with Crippen LogP contribution in [0.15, 0.2) is 42.5 Å². The SMILES string of the molecule is C[C@@H](C(=O)NC(C)(C)C)N(Cc1c(Cl)cccc1Cl)C(=O)CN(c1ccc(I)cc1)S(C)(=O)=O. The van der Waals surface area contributed by atoms with Crippen molar-refractivity contribution in [2.45, 2.75) is 45.8 Å². The first-order valence-corrected chi connectivity index (χ1v) is 14.1. The molecule has 2 aromatic rings. The van der Waals surface area contributed by atoms with Crippen LogP contribution in [0.4, 0.5) is 5.69 Å². The van der Waals surface area contributed by atoms with E-state index in [-0.39, 0.29) is 12.5 Å². The highest BCUT2D eigenvalue weighted by Crippen LogP contribution is 2.27. The zero-order valence-electron chi connectivity index (χ0n) is 19.6. The molecule has 0 saturated heterocycles. The lowest BCUT2D eigenvalue weighted by atomic mass is 10.1. The molecular formula is C23H28Cl2IN3O4S. The van der Waals surface area contributed by atoms with Crippen molar-refractivity contribution in [2.24, 2.45) is 0 Å². The van der Waals surface area contributed by atoms with Gasteiger partial charge in [-0.1, -0.05) is 29.3 Å². The van der Waals surface area contributed by atoms with Crippen molar-refractivity contribution < 1.29 is 18.0 Å². The van der Waals surface area contributed by atoms with E-state index in [0.29, 0.717) is 21.3 Å². The van der Waals surface area contributed by atoms with Crippen molar-refractivity contribution in [1.29, 1.82) is 0 Å². The number of amides is 2. The van der Waals surface area contributed by atoms with Crippen LogP contribution < -0.4 is 9.62 Å². The topological polar surface area (TPSA) is 86.8 Å². The fourth-order valence-corrected chi connectivity index (χ4v) is 4.86. The summed E-state index contributed by atoms with van der Waals surface area (Å²) in [5.74, 6) is -0.958. The van der Waals surface area contributed by atoms with E-state index < -0.39 is 34.1 Å². The zero-order valence-corrected chi connectivity index (χ0v) is 24.1. The van der Waals surface area contributed by atoms with E-state index in [9.17, 15) is 18.0 Å². The van der Waals surface area contributed by atoms with Crippen molar-refractivity contribution in [3.63, 3.8) is 0 Å². The van der Waals surface area contributed by atoms with Gasteiger partial charge in [-0.15, -0.1) is 0 Å². The van der Waals surface area contributed by atoms with Crippen LogP contribution in [-0.2, 0) is 26.2 Å². The Kier molecular flexibility index (Phi) is 9.66. The summed E-state index contributed by atoms with van der Waals surface area (Å²) in [5.41, 5.74) is 0.288. The molecule has 2 amide bonds. The van der Waals surface area contributed by atoms with Gasteiger partial charge in [0.1, 0.15) is 12.6 Å². The van der Waals surface area contributed by atoms with Crippen LogP contribution in [0, 0.1) is 3.57 Å². The smallest absolute Gasteiger partial charge is 0.244 e. The molecule has 186 valence electrons. The summed E-state index contributed by atoms with van der Waals surface area (Å²) in [6, 6.07) is 10.8. The minimum atomic E-state index is -3.79. The minimum absolute atomic E-state index is 0.0691. The number of sulfonamides is 1. The van der Waals surface area contributed by atoms with E-state index >= 15 is 0 Å². The molecular weight excluding hydrogens is 612 g/mol. The van der Waals surface area contributed by atoms with E-state index in [0.717, 1.165) is 14.1 Å². The highest BCUT2D eigenvalue weighted by Gasteiger charge is 2.32. The van der Waals surface area contributed by atoms with E-state index in [1.807, 2.05) is 20.8 Å². The first-order chi connectivity index (χ1) is 15.6. The average molecular weight is 640 g/mol. The summed E-state index contributed by atoms with van der Waals surface area (Å²) in [6.07, 6.45) is 1.03. The Hall–Kier alpha value is -1.56. The number of carbonyl (C=O) groups excluding carboxylic acids is 2. The number of halogens is 3. The van der Waals surface area contributed by atoms with Gasteiger partial charge in [0.2, 0.25) is 21.8 Å². The highest BCUT2D eigenvalue weighted by atomic mass is 127. The Morgan fingerprint density at radius 2 is 1.59 bits per heavy atom. The van der Waals surface area contributed by atoms with Gasteiger partial charge in [0, 0.05) is 31.3 Å². The number of nitrogens with zero attached hydrogens (tertiary/aromatic N) is 2. The van der Waals surface area contributed by atoms with Gasteiger partial charge in [0.15, 0.2) is 0 Å². The Labute approximate surface area is 225 Å². The second-order valence-corrected chi connectivity index (χ2v) is 12.8. The largest absolute Gasteiger partial charge is 0.350 e. The molecule has 1 N–H and O–H groups in total. The third-order valence-electron chi connectivity index (χ3n) is 4.85. The third-order valence-corrected chi connectivity index (χ3v) is 7.42. The monoisotopic (exact) mass is 639 g/mol. The third kappa shape index (κ3) is 8.00. The number of nitrogens with one attached hydrogen (secondary N) is 1. The molecule has 0 aromatic heterocycles. The molecule has 0 saturated carbocycles. The van der Waals surface area contributed by atoms with Crippen LogP contribution in [0.25, 0.3) is 0 Å². The summed E-state index contributed by atoms with van der Waals surface area (Å²) in [4.78, 5) is 27.8. The molecule has 11 heteroatoms. The molecule has 0 aliphatic rings. The van der Waals surface area contributed by atoms with E-state index in [2.05, 4.69) is 27.9 Å². The first kappa shape index (κ1) is 28.7. The number of hydrogen-bond donors (Lipinski definition) is 1. The Bertz CT molecular complexity index is 1130. The normalized spacial score (nSPS) is 12.7. The molecule has 2 rings (SSSR count). The fourth-order valence-electron chi connectivity index (χ4n) is 3.13. The predicted octanol–water partition coefficient (Wildman–Crippen LogP) is 4.70. The first-order valence-electron chi connectivity index (χ1n) is 10.4. The molecule has 0 fully saturated rings. The molecule has 7 nitrogen and oxygen atoms in total. The zero-order chi connectivity index (χ0) is 25.8. The standard InChI is InChI=1S/C23H28Cl2IN3O4S/c1-15(22(31)27-23(2,3)4)28(13-18-19(24)7-6-8-20(18)25)21(30)14-29(34(5,32)33)17-11-9-16(26)10-12-17/h6-12,15H,13-14H2,1-5H3,(H,27,31)/t15-/m0/s1. The molecule has 0 aliphatic heterocycles. The van der Waals surface area contributed by atoms with Crippen molar-refractivity contribution in [1.82, 2.24) is 10.2 Å². The van der Waals surface area contributed by atoms with E-state index in [1.54, 1.807) is 49.4 Å². The maximum absolute atomic E-state index is 13.5. The van der Waals surface area contributed by atoms with E-state index in [1.165, 1.54) is 4.90 Å². The molecule has 0 unspecified atom stereocenters. The van der Waals surface area contributed by atoms with Gasteiger partial charge in [0.25, 0.3) is 0 Å². The quantitative estimate of drug-likeness (QED) is 0.425. The number of hydrogen-bond acceptors (Lipinski definition) is 4. The van der Waals surface area contributed by atoms with Gasteiger partial charge >= 0.3 is 0 Å². The molecule has 34 heavy (non-hydrogen) atoms. The van der Waals surface area contributed by atoms with Crippen LogP contribution in [0.3, 0.4) is 0 Å².